The average molecular weight is 500 g/mol. The second-order valence-electron chi connectivity index (χ2n) is 10.3. The zero-order chi connectivity index (χ0) is 23.1. The summed E-state index contributed by atoms with van der Waals surface area (Å²) in [4.78, 5) is 10.4. The maximum absolute atomic E-state index is 10.4. The van der Waals surface area contributed by atoms with E-state index in [9.17, 15) is 9.90 Å². The third kappa shape index (κ3) is 16.7. The maximum Gasteiger partial charge on any atom is 0.357 e. The van der Waals surface area contributed by atoms with Crippen LogP contribution in [-0.2, 0) is 31.1 Å². The van der Waals surface area contributed by atoms with Crippen LogP contribution in [0.1, 0.15) is 12.8 Å². The van der Waals surface area contributed by atoms with Gasteiger partial charge in [0.05, 0.1) is 13.0 Å². The molecule has 29 heavy (non-hydrogen) atoms. The van der Waals surface area contributed by atoms with Crippen LogP contribution in [-0.4, -0.2) is 61.5 Å². The summed E-state index contributed by atoms with van der Waals surface area (Å²) < 4.78 is 31.2. The second kappa shape index (κ2) is 11.3. The van der Waals surface area contributed by atoms with Crippen molar-refractivity contribution in [2.24, 2.45) is 0 Å². The summed E-state index contributed by atoms with van der Waals surface area (Å²) in [5.41, 5.74) is 0. The first-order chi connectivity index (χ1) is 12.7. The average Bonchev–Trinajstić information content (AvgIpc) is 2.34. The Morgan fingerprint density at radius 3 is 1.55 bits per heavy atom. The SMILES string of the molecule is C[Si](C)(C)O[Si](C)(C)O[Si](C)(C)O[Si](C)(C)O[Si](C)(C)CCCOCCC([O])=O. The summed E-state index contributed by atoms with van der Waals surface area (Å²) in [5.74, 6) is -1.08. The first kappa shape index (κ1) is 29.4. The van der Waals surface area contributed by atoms with Gasteiger partial charge in [0.1, 0.15) is 0 Å². The van der Waals surface area contributed by atoms with Gasteiger partial charge in [0.25, 0.3) is 0 Å². The van der Waals surface area contributed by atoms with E-state index < -0.39 is 48.3 Å². The Kier molecular flexibility index (Phi) is 11.4. The molecule has 0 aliphatic rings. The van der Waals surface area contributed by atoms with Gasteiger partial charge >= 0.3 is 31.7 Å². The van der Waals surface area contributed by atoms with Gasteiger partial charge in [-0.15, -0.1) is 0 Å². The van der Waals surface area contributed by atoms with E-state index in [0.717, 1.165) is 12.5 Å². The number of ether oxygens (including phenoxy) is 1. The minimum absolute atomic E-state index is 0.0636. The van der Waals surface area contributed by atoms with Gasteiger partial charge < -0.3 is 21.2 Å². The number of carbonyl (C=O) groups is 1. The fraction of sp³-hybridized carbons (Fsp3) is 0.941. The summed E-state index contributed by atoms with van der Waals surface area (Å²) in [5, 5.41) is 10.4. The van der Waals surface area contributed by atoms with Crippen molar-refractivity contribution in [3.63, 3.8) is 0 Å². The van der Waals surface area contributed by atoms with Gasteiger partial charge in [0, 0.05) is 6.61 Å². The molecule has 0 aromatic carbocycles. The van der Waals surface area contributed by atoms with Crippen molar-refractivity contribution in [1.82, 2.24) is 0 Å². The molecule has 0 rings (SSSR count). The van der Waals surface area contributed by atoms with E-state index in [2.05, 4.69) is 72.0 Å². The van der Waals surface area contributed by atoms with E-state index in [1.807, 2.05) is 0 Å². The molecule has 0 aromatic rings. The fourth-order valence-electron chi connectivity index (χ4n) is 3.56. The van der Waals surface area contributed by atoms with Crippen LogP contribution in [0.4, 0.5) is 0 Å². The first-order valence-electron chi connectivity index (χ1n) is 10.3. The van der Waals surface area contributed by atoms with E-state index in [-0.39, 0.29) is 13.0 Å². The summed E-state index contributed by atoms with van der Waals surface area (Å²) in [6.45, 7) is 24.2. The molecule has 0 aliphatic heterocycles. The van der Waals surface area contributed by atoms with Gasteiger partial charge in [-0.25, -0.2) is 9.90 Å². The normalized spacial score (nSPS) is 14.3. The van der Waals surface area contributed by atoms with Crippen molar-refractivity contribution >= 4 is 48.3 Å². The number of hydrogen-bond donors (Lipinski definition) is 0. The Hall–Kier alpha value is 0.354. The molecule has 0 heterocycles. The molecular formula is C17H43O7Si5. The van der Waals surface area contributed by atoms with Crippen molar-refractivity contribution < 1.29 is 31.1 Å². The smallest absolute Gasteiger partial charge is 0.357 e. The minimum atomic E-state index is -2.40. The lowest BCUT2D eigenvalue weighted by Gasteiger charge is -2.42. The van der Waals surface area contributed by atoms with Crippen LogP contribution < -0.4 is 0 Å². The third-order valence-corrected chi connectivity index (χ3v) is 21.6. The quantitative estimate of drug-likeness (QED) is 0.234. The number of rotatable bonds is 15. The van der Waals surface area contributed by atoms with Crippen LogP contribution in [0, 0.1) is 0 Å². The van der Waals surface area contributed by atoms with E-state index >= 15 is 0 Å². The number of hydrogen-bond acceptors (Lipinski definition) is 6. The molecule has 0 atom stereocenters. The molecule has 0 N–H and O–H groups in total. The van der Waals surface area contributed by atoms with Crippen molar-refractivity contribution in [2.75, 3.05) is 13.2 Å². The fourth-order valence-corrected chi connectivity index (χ4v) is 27.3. The Balaban J connectivity index is 4.63. The Morgan fingerprint density at radius 1 is 0.655 bits per heavy atom. The van der Waals surface area contributed by atoms with Crippen molar-refractivity contribution in [1.29, 1.82) is 0 Å². The third-order valence-electron chi connectivity index (χ3n) is 3.58. The number of carbonyl (C=O) groups excluding carboxylic acids is 1. The zero-order valence-corrected chi connectivity index (χ0v) is 25.4. The highest BCUT2D eigenvalue weighted by atomic mass is 28.5. The lowest BCUT2D eigenvalue weighted by molar-refractivity contribution is -0.144. The lowest BCUT2D eigenvalue weighted by Crippen LogP contribution is -2.58. The molecule has 0 bridgehead atoms. The Bertz CT molecular complexity index is 519. The van der Waals surface area contributed by atoms with Gasteiger partial charge in [0.2, 0.25) is 0 Å². The molecule has 0 saturated carbocycles. The van der Waals surface area contributed by atoms with Crippen LogP contribution >= 0.6 is 0 Å². The molecule has 0 fully saturated rings. The molecule has 0 saturated heterocycles. The molecule has 173 valence electrons. The second-order valence-corrected chi connectivity index (χ2v) is 30.2. The largest absolute Gasteiger partial charge is 0.437 e. The highest BCUT2D eigenvalue weighted by Crippen LogP contribution is 2.27. The van der Waals surface area contributed by atoms with Crippen molar-refractivity contribution in [3.05, 3.63) is 0 Å². The Labute approximate surface area is 183 Å². The molecule has 0 aromatic heterocycles. The van der Waals surface area contributed by atoms with Gasteiger partial charge in [-0.1, -0.05) is 0 Å². The zero-order valence-electron chi connectivity index (χ0n) is 20.4. The standard InChI is InChI=1S/C17H43O7Si5/c1-25(2,3)21-27(6,7)23-29(10,11)24-28(8,9)22-26(4,5)16-12-14-20-15-13-17(18)19/h12-16H2,1-11H3. The molecule has 1 radical (unpaired) electrons. The van der Waals surface area contributed by atoms with Gasteiger partial charge in [-0.3, -0.25) is 0 Å². The van der Waals surface area contributed by atoms with Crippen molar-refractivity contribution in [2.45, 2.75) is 90.9 Å². The van der Waals surface area contributed by atoms with E-state index in [0.29, 0.717) is 6.61 Å². The summed E-state index contributed by atoms with van der Waals surface area (Å²) in [6, 6.07) is 0.930. The molecule has 0 unspecified atom stereocenters. The van der Waals surface area contributed by atoms with E-state index in [1.165, 1.54) is 0 Å². The van der Waals surface area contributed by atoms with Gasteiger partial charge in [0.15, 0.2) is 16.6 Å². The maximum atomic E-state index is 10.4. The first-order valence-corrected chi connectivity index (χ1v) is 25.3. The van der Waals surface area contributed by atoms with E-state index in [1.54, 1.807) is 0 Å². The molecule has 12 heteroatoms. The lowest BCUT2D eigenvalue weighted by atomic mass is 10.4. The molecular weight excluding hydrogens is 457 g/mol. The highest BCUT2D eigenvalue weighted by Gasteiger charge is 2.45. The summed E-state index contributed by atoms with van der Waals surface area (Å²) in [7, 11) is -10.6. The Morgan fingerprint density at radius 2 is 1.10 bits per heavy atom. The summed E-state index contributed by atoms with van der Waals surface area (Å²) >= 11 is 0. The van der Waals surface area contributed by atoms with Crippen LogP contribution in [0.15, 0.2) is 0 Å². The van der Waals surface area contributed by atoms with Crippen molar-refractivity contribution in [3.8, 4) is 0 Å². The predicted molar refractivity (Wildman–Crippen MR) is 128 cm³/mol. The molecule has 7 nitrogen and oxygen atoms in total. The van der Waals surface area contributed by atoms with Crippen LogP contribution in [0.25, 0.3) is 0 Å². The monoisotopic (exact) mass is 499 g/mol. The highest BCUT2D eigenvalue weighted by molar-refractivity contribution is 6.90. The van der Waals surface area contributed by atoms with Gasteiger partial charge in [-0.2, -0.15) is 0 Å². The van der Waals surface area contributed by atoms with E-state index in [4.69, 9.17) is 21.2 Å². The van der Waals surface area contributed by atoms with Crippen LogP contribution in [0.5, 0.6) is 0 Å². The van der Waals surface area contributed by atoms with Gasteiger partial charge in [-0.05, 0) is 84.5 Å². The molecule has 0 amide bonds. The minimum Gasteiger partial charge on any atom is -0.437 e. The predicted octanol–water partition coefficient (Wildman–Crippen LogP) is 4.95. The molecule has 0 spiro atoms. The van der Waals surface area contributed by atoms with Crippen LogP contribution in [0.3, 0.4) is 0 Å². The van der Waals surface area contributed by atoms with Crippen LogP contribution in [0.2, 0.25) is 78.1 Å². The summed E-state index contributed by atoms with van der Waals surface area (Å²) in [6.07, 6.45) is 0.782. The molecule has 0 aliphatic carbocycles. The topological polar surface area (TPSA) is 83.1 Å².